The summed E-state index contributed by atoms with van der Waals surface area (Å²) in [5, 5.41) is 0.887. The van der Waals surface area contributed by atoms with Gasteiger partial charge in [0.15, 0.2) is 0 Å². The van der Waals surface area contributed by atoms with E-state index in [1.165, 1.54) is 11.3 Å². The molecule has 1 rings (SSSR count). The topological polar surface area (TPSA) is 39.2 Å². The molecule has 0 bridgehead atoms. The zero-order chi connectivity index (χ0) is 8.97. The van der Waals surface area contributed by atoms with E-state index in [0.29, 0.717) is 11.5 Å². The number of rotatable bonds is 3. The smallest absolute Gasteiger partial charge is 0.349 e. The van der Waals surface area contributed by atoms with Gasteiger partial charge in [0.1, 0.15) is 4.88 Å². The Kier molecular flexibility index (Phi) is 3.22. The lowest BCUT2D eigenvalue weighted by Gasteiger charge is -1.98. The maximum atomic E-state index is 11.2. The summed E-state index contributed by atoms with van der Waals surface area (Å²) in [7, 11) is 0. The number of carbonyl (C=O) groups excluding carboxylic acids is 1. The quantitative estimate of drug-likeness (QED) is 0.676. The number of esters is 1. The molecule has 0 unspecified atom stereocenters. The van der Waals surface area contributed by atoms with Gasteiger partial charge in [-0.15, -0.1) is 11.3 Å². The molecule has 0 fully saturated rings. The van der Waals surface area contributed by atoms with Gasteiger partial charge in [-0.05, 0) is 13.3 Å². The average molecular weight is 185 g/mol. The number of aryl methyl sites for hydroxylation is 1. The molecule has 0 amide bonds. The van der Waals surface area contributed by atoms with Crippen molar-refractivity contribution >= 4 is 17.3 Å². The van der Waals surface area contributed by atoms with Crippen molar-refractivity contribution in [2.24, 2.45) is 0 Å². The summed E-state index contributed by atoms with van der Waals surface area (Å²) in [5.74, 6) is -0.262. The summed E-state index contributed by atoms with van der Waals surface area (Å²) in [4.78, 5) is 15.7. The first-order chi connectivity index (χ1) is 5.74. The van der Waals surface area contributed by atoms with Crippen LogP contribution in [-0.2, 0) is 4.74 Å². The second kappa shape index (κ2) is 4.21. The van der Waals surface area contributed by atoms with E-state index in [-0.39, 0.29) is 5.97 Å². The fraction of sp³-hybridized carbons (Fsp3) is 0.500. The van der Waals surface area contributed by atoms with Crippen molar-refractivity contribution in [3.05, 3.63) is 16.1 Å². The summed E-state index contributed by atoms with van der Waals surface area (Å²) in [6, 6.07) is 0. The molecule has 1 aromatic rings. The first-order valence-corrected chi connectivity index (χ1v) is 4.65. The van der Waals surface area contributed by atoms with E-state index in [2.05, 4.69) is 4.98 Å². The summed E-state index contributed by atoms with van der Waals surface area (Å²) in [6.45, 7) is 4.31. The Morgan fingerprint density at radius 1 is 1.75 bits per heavy atom. The molecule has 12 heavy (non-hydrogen) atoms. The Balaban J connectivity index is 2.53. The highest BCUT2D eigenvalue weighted by Crippen LogP contribution is 2.12. The summed E-state index contributed by atoms with van der Waals surface area (Å²) in [6.07, 6.45) is 2.40. The summed E-state index contributed by atoms with van der Waals surface area (Å²) < 4.78 is 4.92. The molecular weight excluding hydrogens is 174 g/mol. The second-order valence-electron chi connectivity index (χ2n) is 2.38. The number of hydrogen-bond donors (Lipinski definition) is 0. The van der Waals surface area contributed by atoms with Gasteiger partial charge in [0.05, 0.1) is 17.8 Å². The van der Waals surface area contributed by atoms with Gasteiger partial charge >= 0.3 is 5.97 Å². The Morgan fingerprint density at radius 2 is 2.50 bits per heavy atom. The lowest BCUT2D eigenvalue weighted by Crippen LogP contribution is -2.03. The minimum absolute atomic E-state index is 0.262. The number of hydrogen-bond acceptors (Lipinski definition) is 4. The van der Waals surface area contributed by atoms with Crippen LogP contribution in [0.4, 0.5) is 0 Å². The fourth-order valence-electron chi connectivity index (χ4n) is 0.722. The lowest BCUT2D eigenvalue weighted by atomic mass is 10.5. The molecule has 0 spiro atoms. The van der Waals surface area contributed by atoms with Gasteiger partial charge in [0.25, 0.3) is 0 Å². The standard InChI is InChI=1S/C8H11NO2S/c1-3-4-11-8(10)7-5-9-6(2)12-7/h5H,3-4H2,1-2H3. The van der Waals surface area contributed by atoms with E-state index in [1.54, 1.807) is 6.20 Å². The van der Waals surface area contributed by atoms with Crippen LogP contribution >= 0.6 is 11.3 Å². The van der Waals surface area contributed by atoms with Gasteiger partial charge in [-0.1, -0.05) is 6.92 Å². The number of aromatic nitrogens is 1. The molecular formula is C8H11NO2S. The number of ether oxygens (including phenoxy) is 1. The number of thiazole rings is 1. The largest absolute Gasteiger partial charge is 0.461 e. The van der Waals surface area contributed by atoms with Crippen molar-refractivity contribution in [2.45, 2.75) is 20.3 Å². The van der Waals surface area contributed by atoms with E-state index in [9.17, 15) is 4.79 Å². The van der Waals surface area contributed by atoms with Crippen molar-refractivity contribution in [3.8, 4) is 0 Å². The van der Waals surface area contributed by atoms with Crippen LogP contribution < -0.4 is 0 Å². The third-order valence-corrected chi connectivity index (χ3v) is 2.15. The van der Waals surface area contributed by atoms with Crippen molar-refractivity contribution in [3.63, 3.8) is 0 Å². The number of carbonyl (C=O) groups is 1. The first-order valence-electron chi connectivity index (χ1n) is 3.83. The SMILES string of the molecule is CCCOC(=O)c1cnc(C)s1. The van der Waals surface area contributed by atoms with Gasteiger partial charge < -0.3 is 4.74 Å². The van der Waals surface area contributed by atoms with Crippen LogP contribution in [0.5, 0.6) is 0 Å². The normalized spacial score (nSPS) is 9.83. The average Bonchev–Trinajstić information content (AvgIpc) is 2.47. The molecule has 0 radical (unpaired) electrons. The second-order valence-corrected chi connectivity index (χ2v) is 3.61. The van der Waals surface area contributed by atoms with Crippen LogP contribution in [0, 0.1) is 6.92 Å². The highest BCUT2D eigenvalue weighted by atomic mass is 32.1. The van der Waals surface area contributed by atoms with Crippen molar-refractivity contribution < 1.29 is 9.53 Å². The molecule has 0 aliphatic rings. The van der Waals surface area contributed by atoms with E-state index in [0.717, 1.165) is 11.4 Å². The van der Waals surface area contributed by atoms with Gasteiger partial charge in [-0.3, -0.25) is 0 Å². The highest BCUT2D eigenvalue weighted by Gasteiger charge is 2.08. The molecule has 66 valence electrons. The van der Waals surface area contributed by atoms with Gasteiger partial charge in [0, 0.05) is 0 Å². The highest BCUT2D eigenvalue weighted by molar-refractivity contribution is 7.13. The minimum Gasteiger partial charge on any atom is -0.461 e. The molecule has 4 heteroatoms. The fourth-order valence-corrected chi connectivity index (χ4v) is 1.39. The zero-order valence-electron chi connectivity index (χ0n) is 7.16. The predicted molar refractivity (Wildman–Crippen MR) is 47.4 cm³/mol. The minimum atomic E-state index is -0.262. The van der Waals surface area contributed by atoms with Crippen molar-refractivity contribution in [1.29, 1.82) is 0 Å². The Labute approximate surface area is 75.4 Å². The predicted octanol–water partition coefficient (Wildman–Crippen LogP) is 2.02. The third kappa shape index (κ3) is 2.30. The van der Waals surface area contributed by atoms with E-state index in [1.807, 2.05) is 13.8 Å². The van der Waals surface area contributed by atoms with Crippen LogP contribution in [-0.4, -0.2) is 17.6 Å². The summed E-state index contributed by atoms with van der Waals surface area (Å²) in [5.41, 5.74) is 0. The Morgan fingerprint density at radius 3 is 3.00 bits per heavy atom. The van der Waals surface area contributed by atoms with Crippen molar-refractivity contribution in [2.75, 3.05) is 6.61 Å². The molecule has 3 nitrogen and oxygen atoms in total. The Bertz CT molecular complexity index is 270. The van der Waals surface area contributed by atoms with Crippen molar-refractivity contribution in [1.82, 2.24) is 4.98 Å². The van der Waals surface area contributed by atoms with E-state index in [4.69, 9.17) is 4.74 Å². The maximum absolute atomic E-state index is 11.2. The summed E-state index contributed by atoms with van der Waals surface area (Å²) >= 11 is 1.36. The molecule has 0 aliphatic heterocycles. The molecule has 0 saturated heterocycles. The maximum Gasteiger partial charge on any atom is 0.349 e. The molecule has 0 aliphatic carbocycles. The monoisotopic (exact) mass is 185 g/mol. The van der Waals surface area contributed by atoms with Gasteiger partial charge in [0.2, 0.25) is 0 Å². The van der Waals surface area contributed by atoms with Crippen LogP contribution in [0.3, 0.4) is 0 Å². The lowest BCUT2D eigenvalue weighted by molar-refractivity contribution is 0.0510. The van der Waals surface area contributed by atoms with E-state index < -0.39 is 0 Å². The number of nitrogens with zero attached hydrogens (tertiary/aromatic N) is 1. The van der Waals surface area contributed by atoms with Gasteiger partial charge in [-0.2, -0.15) is 0 Å². The van der Waals surface area contributed by atoms with Gasteiger partial charge in [-0.25, -0.2) is 9.78 Å². The molecule has 0 N–H and O–H groups in total. The molecule has 0 atom stereocenters. The van der Waals surface area contributed by atoms with Crippen LogP contribution in [0.1, 0.15) is 28.0 Å². The van der Waals surface area contributed by atoms with Crippen LogP contribution in [0.15, 0.2) is 6.20 Å². The molecule has 0 aromatic carbocycles. The third-order valence-electron chi connectivity index (χ3n) is 1.26. The van der Waals surface area contributed by atoms with Crippen LogP contribution in [0.25, 0.3) is 0 Å². The van der Waals surface area contributed by atoms with Crippen LogP contribution in [0.2, 0.25) is 0 Å². The van der Waals surface area contributed by atoms with E-state index >= 15 is 0 Å². The molecule has 1 heterocycles. The Hall–Kier alpha value is -0.900. The molecule has 0 saturated carbocycles. The zero-order valence-corrected chi connectivity index (χ0v) is 7.98. The molecule has 1 aromatic heterocycles. The first kappa shape index (κ1) is 9.19.